The van der Waals surface area contributed by atoms with Crippen LogP contribution in [0.15, 0.2) is 31.6 Å². The van der Waals surface area contributed by atoms with Gasteiger partial charge in [-0.2, -0.15) is 10.2 Å². The number of hydrogen-bond acceptors (Lipinski definition) is 10. The Kier molecular flexibility index (Phi) is 7.36. The fourth-order valence-electron chi connectivity index (χ4n) is 3.70. The zero-order valence-corrected chi connectivity index (χ0v) is 20.8. The van der Waals surface area contributed by atoms with Crippen LogP contribution in [0, 0.1) is 13.8 Å². The van der Waals surface area contributed by atoms with Gasteiger partial charge in [0.1, 0.15) is 22.8 Å². The number of hydrogen-bond donors (Lipinski definition) is 2. The molecule has 0 aliphatic carbocycles. The third-order valence-corrected chi connectivity index (χ3v) is 6.53. The summed E-state index contributed by atoms with van der Waals surface area (Å²) in [6.45, 7) is 6.28. The molecule has 186 valence electrons. The topological polar surface area (TPSA) is 150 Å². The monoisotopic (exact) mass is 501 g/mol. The van der Waals surface area contributed by atoms with E-state index in [1.165, 1.54) is 24.8 Å². The van der Waals surface area contributed by atoms with E-state index in [0.717, 1.165) is 25.1 Å². The van der Waals surface area contributed by atoms with Crippen LogP contribution in [0.3, 0.4) is 0 Å². The van der Waals surface area contributed by atoms with Crippen LogP contribution in [0.25, 0.3) is 11.5 Å². The molecule has 1 amide bonds. The van der Waals surface area contributed by atoms with Gasteiger partial charge in [-0.25, -0.2) is 10.2 Å². The van der Waals surface area contributed by atoms with Gasteiger partial charge in [-0.05, 0) is 39.7 Å². The van der Waals surface area contributed by atoms with Crippen molar-refractivity contribution in [2.24, 2.45) is 12.1 Å². The summed E-state index contributed by atoms with van der Waals surface area (Å²) in [7, 11) is 1.86. The Labute approximate surface area is 205 Å². The second kappa shape index (κ2) is 10.4. The molecule has 1 aliphatic heterocycles. The highest BCUT2D eigenvalue weighted by Crippen LogP contribution is 2.26. The van der Waals surface area contributed by atoms with E-state index in [0.29, 0.717) is 23.2 Å². The first kappa shape index (κ1) is 24.7. The number of thioether (sulfide) groups is 1. The molecule has 1 atom stereocenters. The molecule has 3 aromatic heterocycles. The average molecular weight is 502 g/mol. The lowest BCUT2D eigenvalue weighted by Gasteiger charge is -2.13. The van der Waals surface area contributed by atoms with Crippen molar-refractivity contribution in [1.82, 2.24) is 30.0 Å². The standard InChI is InChI=1S/C22H27N7O5S/c1-12-8-16(27-28(12)4)20-25-26-22(29(20)10-15-6-5-7-33-15)35-11-18(31)24-23-14(3)19-17(30)9-13(2)34-21(19)32/h8-9,15,30H,5-7,10-11H2,1-4H3,(H,24,31)/b23-14+/t15-/m1/s1. The first-order chi connectivity index (χ1) is 16.7. The van der Waals surface area contributed by atoms with Crippen LogP contribution in [0.4, 0.5) is 0 Å². The quantitative estimate of drug-likeness (QED) is 0.267. The van der Waals surface area contributed by atoms with Crippen molar-refractivity contribution in [2.75, 3.05) is 12.4 Å². The fourth-order valence-corrected chi connectivity index (χ4v) is 4.45. The molecule has 0 saturated carbocycles. The number of amides is 1. The summed E-state index contributed by atoms with van der Waals surface area (Å²) >= 11 is 1.21. The number of carbonyl (C=O) groups excluding carboxylic acids is 1. The smallest absolute Gasteiger partial charge is 0.348 e. The van der Waals surface area contributed by atoms with Gasteiger partial charge in [0.15, 0.2) is 11.0 Å². The second-order valence-corrected chi connectivity index (χ2v) is 9.21. The number of nitrogens with one attached hydrogen (secondary N) is 1. The van der Waals surface area contributed by atoms with E-state index in [-0.39, 0.29) is 34.6 Å². The van der Waals surface area contributed by atoms with Crippen LogP contribution in [-0.2, 0) is 23.1 Å². The first-order valence-electron chi connectivity index (χ1n) is 11.1. The first-order valence-corrected chi connectivity index (χ1v) is 12.1. The van der Waals surface area contributed by atoms with E-state index in [2.05, 4.69) is 25.8 Å². The summed E-state index contributed by atoms with van der Waals surface area (Å²) in [5.41, 5.74) is 3.38. The van der Waals surface area contributed by atoms with Crippen molar-refractivity contribution in [1.29, 1.82) is 0 Å². The molecule has 0 unspecified atom stereocenters. The number of ether oxygens (including phenoxy) is 1. The molecular weight excluding hydrogens is 474 g/mol. The molecule has 1 fully saturated rings. The predicted octanol–water partition coefficient (Wildman–Crippen LogP) is 1.77. The molecule has 4 rings (SSSR count). The van der Waals surface area contributed by atoms with Gasteiger partial charge >= 0.3 is 5.63 Å². The Morgan fingerprint density at radius 2 is 2.14 bits per heavy atom. The van der Waals surface area contributed by atoms with Gasteiger partial charge in [0.2, 0.25) is 0 Å². The van der Waals surface area contributed by atoms with Gasteiger partial charge in [0.05, 0.1) is 24.1 Å². The van der Waals surface area contributed by atoms with Crippen molar-refractivity contribution in [3.63, 3.8) is 0 Å². The van der Waals surface area contributed by atoms with Crippen LogP contribution in [0.5, 0.6) is 5.75 Å². The van der Waals surface area contributed by atoms with Crippen molar-refractivity contribution < 1.29 is 19.1 Å². The summed E-state index contributed by atoms with van der Waals surface area (Å²) in [6, 6.07) is 3.25. The largest absolute Gasteiger partial charge is 0.507 e. The zero-order valence-electron chi connectivity index (χ0n) is 19.9. The van der Waals surface area contributed by atoms with Crippen LogP contribution in [-0.4, -0.2) is 59.7 Å². The molecule has 1 aliphatic rings. The molecule has 0 radical (unpaired) electrons. The zero-order chi connectivity index (χ0) is 25.1. The molecule has 0 spiro atoms. The van der Waals surface area contributed by atoms with Crippen molar-refractivity contribution in [3.05, 3.63) is 39.6 Å². The molecule has 35 heavy (non-hydrogen) atoms. The molecule has 2 N–H and O–H groups in total. The predicted molar refractivity (Wildman–Crippen MR) is 128 cm³/mol. The minimum absolute atomic E-state index is 0.0101. The number of rotatable bonds is 8. The number of nitrogens with zero attached hydrogens (tertiary/aromatic N) is 6. The number of aromatic nitrogens is 5. The lowest BCUT2D eigenvalue weighted by Crippen LogP contribution is -2.23. The maximum absolute atomic E-state index is 12.5. The molecule has 3 aromatic rings. The highest BCUT2D eigenvalue weighted by Gasteiger charge is 2.23. The molecule has 0 aromatic carbocycles. The van der Waals surface area contributed by atoms with Crippen molar-refractivity contribution in [2.45, 2.75) is 51.4 Å². The Balaban J connectivity index is 1.47. The third kappa shape index (κ3) is 5.62. The summed E-state index contributed by atoms with van der Waals surface area (Å²) in [5.74, 6) is 0.227. The average Bonchev–Trinajstić information content (AvgIpc) is 3.52. The lowest BCUT2D eigenvalue weighted by atomic mass is 10.2. The van der Waals surface area contributed by atoms with Gasteiger partial charge in [0.25, 0.3) is 5.91 Å². The van der Waals surface area contributed by atoms with Gasteiger partial charge in [-0.3, -0.25) is 14.0 Å². The maximum atomic E-state index is 12.5. The third-order valence-electron chi connectivity index (χ3n) is 5.57. The Morgan fingerprint density at radius 3 is 2.80 bits per heavy atom. The van der Waals surface area contributed by atoms with Gasteiger partial charge in [-0.1, -0.05) is 11.8 Å². The Bertz CT molecular complexity index is 1300. The number of carbonyl (C=O) groups is 1. The lowest BCUT2D eigenvalue weighted by molar-refractivity contribution is -0.118. The molecule has 12 nitrogen and oxygen atoms in total. The Hall–Kier alpha value is -3.45. The van der Waals surface area contributed by atoms with E-state index in [9.17, 15) is 14.7 Å². The fraction of sp³-hybridized carbons (Fsp3) is 0.455. The molecule has 13 heteroatoms. The highest BCUT2D eigenvalue weighted by molar-refractivity contribution is 7.99. The van der Waals surface area contributed by atoms with Crippen molar-refractivity contribution >= 4 is 23.4 Å². The van der Waals surface area contributed by atoms with Gasteiger partial charge in [0, 0.05) is 25.4 Å². The maximum Gasteiger partial charge on any atom is 0.348 e. The van der Waals surface area contributed by atoms with Gasteiger partial charge in [-0.15, -0.1) is 10.2 Å². The van der Waals surface area contributed by atoms with Gasteiger partial charge < -0.3 is 14.3 Å². The van der Waals surface area contributed by atoms with E-state index >= 15 is 0 Å². The molecule has 1 saturated heterocycles. The van der Waals surface area contributed by atoms with Crippen LogP contribution < -0.4 is 11.1 Å². The summed E-state index contributed by atoms with van der Waals surface area (Å²) in [5, 5.41) is 27.7. The molecule has 0 bridgehead atoms. The molecular formula is C22H27N7O5S. The molecule has 4 heterocycles. The van der Waals surface area contributed by atoms with Crippen LogP contribution >= 0.6 is 11.8 Å². The number of aryl methyl sites for hydroxylation is 3. The summed E-state index contributed by atoms with van der Waals surface area (Å²) in [6.07, 6.45) is 1.99. The SMILES string of the molecule is C/C(=N\NC(=O)CSc1nnc(-c2cc(C)n(C)n2)n1C[C@H]1CCCO1)c1c(O)cc(C)oc1=O. The second-order valence-electron chi connectivity index (χ2n) is 8.27. The van der Waals surface area contributed by atoms with E-state index < -0.39 is 11.5 Å². The summed E-state index contributed by atoms with van der Waals surface area (Å²) in [4.78, 5) is 24.5. The van der Waals surface area contributed by atoms with E-state index in [4.69, 9.17) is 9.15 Å². The minimum atomic E-state index is -0.730. The van der Waals surface area contributed by atoms with Crippen LogP contribution in [0.1, 0.15) is 36.8 Å². The number of hydrazone groups is 1. The van der Waals surface area contributed by atoms with E-state index in [1.807, 2.05) is 24.6 Å². The van der Waals surface area contributed by atoms with Crippen LogP contribution in [0.2, 0.25) is 0 Å². The Morgan fingerprint density at radius 1 is 1.34 bits per heavy atom. The highest BCUT2D eigenvalue weighted by atomic mass is 32.2. The minimum Gasteiger partial charge on any atom is -0.507 e. The normalized spacial score (nSPS) is 16.1. The summed E-state index contributed by atoms with van der Waals surface area (Å²) < 4.78 is 14.5. The number of aromatic hydroxyl groups is 1. The van der Waals surface area contributed by atoms with Crippen molar-refractivity contribution in [3.8, 4) is 17.3 Å². The van der Waals surface area contributed by atoms with E-state index in [1.54, 1.807) is 11.6 Å².